The van der Waals surface area contributed by atoms with Gasteiger partial charge in [0.1, 0.15) is 0 Å². The Kier molecular flexibility index (Phi) is 3.91. The van der Waals surface area contributed by atoms with Crippen molar-refractivity contribution < 1.29 is 0 Å². The second-order valence-corrected chi connectivity index (χ2v) is 10.7. The van der Waals surface area contributed by atoms with Crippen LogP contribution in [0.15, 0.2) is 17.7 Å². The fourth-order valence-corrected chi connectivity index (χ4v) is 4.17. The van der Waals surface area contributed by atoms with Crippen LogP contribution in [0.3, 0.4) is 0 Å². The van der Waals surface area contributed by atoms with E-state index in [1.807, 2.05) is 0 Å². The summed E-state index contributed by atoms with van der Waals surface area (Å²) in [6, 6.07) is 4.88. The smallest absolute Gasteiger partial charge is 0.00170 e. The molecule has 1 aliphatic rings. The minimum absolute atomic E-state index is 0.425. The molecule has 18 heavy (non-hydrogen) atoms. The van der Waals surface area contributed by atoms with E-state index in [4.69, 9.17) is 0 Å². The number of benzene rings is 1. The van der Waals surface area contributed by atoms with Gasteiger partial charge in [0.25, 0.3) is 0 Å². The molecule has 1 aromatic carbocycles. The minimum Gasteiger partial charge on any atom is -0.246 e. The topological polar surface area (TPSA) is 0 Å². The van der Waals surface area contributed by atoms with E-state index >= 15 is 0 Å². The maximum Gasteiger partial charge on any atom is -0.00170 e. The average Bonchev–Trinajstić information content (AvgIpc) is 2.65. The SMILES string of the molecule is CCc1cc2c(cc1CC)CC(CS(C)(C)C)=C2. The van der Waals surface area contributed by atoms with Gasteiger partial charge in [-0.25, -0.2) is 10.0 Å². The van der Waals surface area contributed by atoms with Crippen molar-refractivity contribution in [3.05, 3.63) is 40.0 Å². The Morgan fingerprint density at radius 2 is 1.61 bits per heavy atom. The number of aryl methyl sites for hydroxylation is 2. The highest BCUT2D eigenvalue weighted by molar-refractivity contribution is 8.32. The summed E-state index contributed by atoms with van der Waals surface area (Å²) in [6.45, 7) is 4.53. The largest absolute Gasteiger partial charge is 0.246 e. The van der Waals surface area contributed by atoms with Crippen molar-refractivity contribution in [1.82, 2.24) is 0 Å². The Labute approximate surface area is 114 Å². The summed E-state index contributed by atoms with van der Waals surface area (Å²) < 4.78 is 0. The van der Waals surface area contributed by atoms with Crippen LogP contribution >= 0.6 is 10.0 Å². The van der Waals surface area contributed by atoms with E-state index in [1.54, 1.807) is 16.7 Å². The molecule has 0 aliphatic heterocycles. The highest BCUT2D eigenvalue weighted by Gasteiger charge is 2.17. The molecule has 100 valence electrons. The van der Waals surface area contributed by atoms with Crippen molar-refractivity contribution in [2.75, 3.05) is 24.5 Å². The molecule has 0 nitrogen and oxygen atoms in total. The van der Waals surface area contributed by atoms with E-state index in [2.05, 4.69) is 50.8 Å². The van der Waals surface area contributed by atoms with Gasteiger partial charge >= 0.3 is 0 Å². The zero-order valence-corrected chi connectivity index (χ0v) is 13.3. The second kappa shape index (κ2) is 5.13. The summed E-state index contributed by atoms with van der Waals surface area (Å²) in [6.07, 6.45) is 13.2. The lowest BCUT2D eigenvalue weighted by Crippen LogP contribution is -2.02. The molecular weight excluding hydrogens is 236 g/mol. The summed E-state index contributed by atoms with van der Waals surface area (Å²) in [4.78, 5) is 0. The molecule has 2 rings (SSSR count). The molecule has 0 saturated heterocycles. The van der Waals surface area contributed by atoms with Crippen molar-refractivity contribution in [3.8, 4) is 0 Å². The molecule has 0 N–H and O–H groups in total. The van der Waals surface area contributed by atoms with Crippen LogP contribution in [0.25, 0.3) is 6.08 Å². The van der Waals surface area contributed by atoms with Gasteiger partial charge in [-0.3, -0.25) is 0 Å². The molecule has 0 aromatic heterocycles. The quantitative estimate of drug-likeness (QED) is 0.752. The highest BCUT2D eigenvalue weighted by Crippen LogP contribution is 2.40. The molecule has 0 saturated carbocycles. The summed E-state index contributed by atoms with van der Waals surface area (Å²) in [5.41, 5.74) is 7.78. The predicted octanol–water partition coefficient (Wildman–Crippen LogP) is 4.44. The third-order valence-electron chi connectivity index (χ3n) is 3.62. The van der Waals surface area contributed by atoms with Crippen LogP contribution in [-0.4, -0.2) is 24.5 Å². The average molecular weight is 262 g/mol. The Hall–Kier alpha value is -0.690. The molecule has 0 atom stereocenters. The van der Waals surface area contributed by atoms with Crippen molar-refractivity contribution >= 4 is 16.1 Å². The van der Waals surface area contributed by atoms with Gasteiger partial charge < -0.3 is 0 Å². The fourth-order valence-electron chi connectivity index (χ4n) is 2.87. The van der Waals surface area contributed by atoms with Gasteiger partial charge in [0.2, 0.25) is 0 Å². The van der Waals surface area contributed by atoms with E-state index in [0.717, 1.165) is 12.8 Å². The number of hydrogen-bond acceptors (Lipinski definition) is 0. The maximum atomic E-state index is 2.45. The van der Waals surface area contributed by atoms with Gasteiger partial charge in [0.15, 0.2) is 0 Å². The lowest BCUT2D eigenvalue weighted by molar-refractivity contribution is 1.02. The standard InChI is InChI=1S/C17H26S/c1-6-14-10-16-8-13(12-18(3,4)5)9-17(16)11-15(14)7-2/h8,10-11H,6-7,9,12H2,1-5H3. The molecule has 1 heteroatoms. The number of fused-ring (bicyclic) bond motifs is 1. The zero-order valence-electron chi connectivity index (χ0n) is 12.5. The molecule has 0 unspecified atom stereocenters. The first-order chi connectivity index (χ1) is 8.43. The Balaban J connectivity index is 2.28. The molecule has 0 bridgehead atoms. The fraction of sp³-hybridized carbons (Fsp3) is 0.529. The number of rotatable bonds is 4. The molecule has 0 fully saturated rings. The molecule has 0 amide bonds. The van der Waals surface area contributed by atoms with Crippen molar-refractivity contribution in [1.29, 1.82) is 0 Å². The summed E-state index contributed by atoms with van der Waals surface area (Å²) in [7, 11) is -0.425. The molecule has 1 aromatic rings. The van der Waals surface area contributed by atoms with Gasteiger partial charge in [-0.2, -0.15) is 0 Å². The molecule has 0 radical (unpaired) electrons. The van der Waals surface area contributed by atoms with Crippen LogP contribution in [0.5, 0.6) is 0 Å². The lowest BCUT2D eigenvalue weighted by atomic mass is 9.96. The Bertz CT molecular complexity index is 475. The van der Waals surface area contributed by atoms with Crippen LogP contribution in [0, 0.1) is 0 Å². The van der Waals surface area contributed by atoms with E-state index in [-0.39, 0.29) is 0 Å². The third-order valence-corrected chi connectivity index (χ3v) is 4.86. The minimum atomic E-state index is -0.425. The first-order valence-corrected chi connectivity index (χ1v) is 9.95. The van der Waals surface area contributed by atoms with Crippen LogP contribution in [0.1, 0.15) is 36.1 Å². The van der Waals surface area contributed by atoms with Gasteiger partial charge in [-0.1, -0.05) is 37.6 Å². The van der Waals surface area contributed by atoms with Crippen LogP contribution in [0.2, 0.25) is 0 Å². The Morgan fingerprint density at radius 3 is 2.17 bits per heavy atom. The van der Waals surface area contributed by atoms with Gasteiger partial charge in [0.05, 0.1) is 0 Å². The monoisotopic (exact) mass is 262 g/mol. The highest BCUT2D eigenvalue weighted by atomic mass is 32.3. The van der Waals surface area contributed by atoms with Gasteiger partial charge in [-0.05, 0) is 66.0 Å². The van der Waals surface area contributed by atoms with Crippen molar-refractivity contribution in [2.45, 2.75) is 33.1 Å². The van der Waals surface area contributed by atoms with Crippen molar-refractivity contribution in [3.63, 3.8) is 0 Å². The first kappa shape index (κ1) is 13.7. The second-order valence-electron chi connectivity index (χ2n) is 6.24. The molecule has 0 heterocycles. The predicted molar refractivity (Wildman–Crippen MR) is 87.1 cm³/mol. The van der Waals surface area contributed by atoms with Crippen LogP contribution in [-0.2, 0) is 19.3 Å². The molecule has 0 spiro atoms. The number of hydrogen-bond donors (Lipinski definition) is 0. The molecule has 1 aliphatic carbocycles. The van der Waals surface area contributed by atoms with E-state index in [1.165, 1.54) is 23.3 Å². The van der Waals surface area contributed by atoms with Gasteiger partial charge in [0, 0.05) is 0 Å². The summed E-state index contributed by atoms with van der Waals surface area (Å²) in [5, 5.41) is 0. The van der Waals surface area contributed by atoms with E-state index in [9.17, 15) is 0 Å². The van der Waals surface area contributed by atoms with Gasteiger partial charge in [-0.15, -0.1) is 0 Å². The first-order valence-electron chi connectivity index (χ1n) is 6.93. The normalized spacial score (nSPS) is 15.5. The zero-order chi connectivity index (χ0) is 13.3. The van der Waals surface area contributed by atoms with E-state index in [0.29, 0.717) is 0 Å². The summed E-state index contributed by atoms with van der Waals surface area (Å²) >= 11 is 0. The lowest BCUT2D eigenvalue weighted by Gasteiger charge is -2.25. The molecular formula is C17H26S. The van der Waals surface area contributed by atoms with E-state index < -0.39 is 10.0 Å². The van der Waals surface area contributed by atoms with Crippen LogP contribution < -0.4 is 0 Å². The Morgan fingerprint density at radius 1 is 1.00 bits per heavy atom. The maximum absolute atomic E-state index is 2.45. The third kappa shape index (κ3) is 3.00. The van der Waals surface area contributed by atoms with Crippen molar-refractivity contribution in [2.24, 2.45) is 0 Å². The summed E-state index contributed by atoms with van der Waals surface area (Å²) in [5.74, 6) is 1.30. The van der Waals surface area contributed by atoms with Crippen LogP contribution in [0.4, 0.5) is 0 Å².